The first kappa shape index (κ1) is 31.8. The molecule has 0 saturated heterocycles. The highest BCUT2D eigenvalue weighted by atomic mass is 79.9. The molecule has 212 valence electrons. The number of anilines is 2. The molecular weight excluding hydrogens is 569 g/mol. The summed E-state index contributed by atoms with van der Waals surface area (Å²) in [5.41, 5.74) is 2.90. The number of urea groups is 1. The quantitative estimate of drug-likeness (QED) is 0.227. The molecule has 0 radical (unpaired) electrons. The topological polar surface area (TPSA) is 123 Å². The van der Waals surface area contributed by atoms with E-state index in [0.717, 1.165) is 19.3 Å². The van der Waals surface area contributed by atoms with Crippen molar-refractivity contribution in [3.8, 4) is 6.07 Å². The smallest absolute Gasteiger partial charge is 0.407 e. The van der Waals surface area contributed by atoms with Crippen molar-refractivity contribution in [1.82, 2.24) is 20.7 Å². The first-order valence-corrected chi connectivity index (χ1v) is 13.7. The summed E-state index contributed by atoms with van der Waals surface area (Å²) in [6, 6.07) is 7.23. The second-order valence-corrected chi connectivity index (χ2v) is 11.2. The highest BCUT2D eigenvalue weighted by Crippen LogP contribution is 2.24. The zero-order chi connectivity index (χ0) is 29.0. The maximum Gasteiger partial charge on any atom is 0.407 e. The Kier molecular flexibility index (Phi) is 12.4. The van der Waals surface area contributed by atoms with Crippen LogP contribution in [0.15, 0.2) is 34.9 Å². The molecule has 3 amide bonds. The predicted octanol–water partition coefficient (Wildman–Crippen LogP) is 5.93. The number of unbranched alkanes of at least 4 members (excludes halogenated alkanes) is 3. The van der Waals surface area contributed by atoms with Crippen molar-refractivity contribution < 1.29 is 18.7 Å². The van der Waals surface area contributed by atoms with E-state index < -0.39 is 23.5 Å². The van der Waals surface area contributed by atoms with E-state index in [2.05, 4.69) is 36.6 Å². The maximum atomic E-state index is 13.6. The minimum absolute atomic E-state index is 0.0206. The van der Waals surface area contributed by atoms with Gasteiger partial charge in [-0.2, -0.15) is 10.2 Å². The van der Waals surface area contributed by atoms with Crippen LogP contribution in [0.25, 0.3) is 0 Å². The van der Waals surface area contributed by atoms with Gasteiger partial charge in [-0.25, -0.2) is 24.4 Å². The van der Waals surface area contributed by atoms with Gasteiger partial charge < -0.3 is 10.1 Å². The van der Waals surface area contributed by atoms with Gasteiger partial charge in [0.05, 0.1) is 4.47 Å². The van der Waals surface area contributed by atoms with Crippen molar-refractivity contribution in [1.29, 1.82) is 5.26 Å². The number of ether oxygens (including phenoxy) is 1. The van der Waals surface area contributed by atoms with Crippen molar-refractivity contribution in [2.24, 2.45) is 5.92 Å². The maximum absolute atomic E-state index is 13.6. The summed E-state index contributed by atoms with van der Waals surface area (Å²) in [5.74, 6) is 0.103. The predicted molar refractivity (Wildman–Crippen MR) is 152 cm³/mol. The molecule has 10 nitrogen and oxygen atoms in total. The number of rotatable bonds is 12. The highest BCUT2D eigenvalue weighted by Gasteiger charge is 2.22. The molecular formula is C27H37BrFN7O3. The third kappa shape index (κ3) is 11.4. The molecule has 0 spiro atoms. The zero-order valence-electron chi connectivity index (χ0n) is 23.1. The monoisotopic (exact) mass is 605 g/mol. The Bertz CT molecular complexity index is 1130. The van der Waals surface area contributed by atoms with Crippen molar-refractivity contribution >= 4 is 39.6 Å². The molecule has 0 atom stereocenters. The second-order valence-electron chi connectivity index (χ2n) is 10.4. The van der Waals surface area contributed by atoms with Crippen LogP contribution in [0.4, 0.5) is 25.5 Å². The lowest BCUT2D eigenvalue weighted by atomic mass is 10.2. The van der Waals surface area contributed by atoms with E-state index in [1.807, 2.05) is 40.7 Å². The van der Waals surface area contributed by atoms with E-state index in [0.29, 0.717) is 42.0 Å². The van der Waals surface area contributed by atoms with Crippen molar-refractivity contribution in [2.45, 2.75) is 65.9 Å². The average molecular weight is 607 g/mol. The number of carbonyl (C=O) groups excluding carboxylic acids is 2. The van der Waals surface area contributed by atoms with Crippen LogP contribution in [-0.2, 0) is 4.74 Å². The van der Waals surface area contributed by atoms with Crippen molar-refractivity contribution in [3.05, 3.63) is 46.6 Å². The molecule has 0 aliphatic heterocycles. The molecule has 0 bridgehead atoms. The molecule has 0 unspecified atom stereocenters. The van der Waals surface area contributed by atoms with E-state index in [1.54, 1.807) is 22.0 Å². The molecule has 1 aromatic carbocycles. The van der Waals surface area contributed by atoms with Gasteiger partial charge in [0, 0.05) is 31.5 Å². The fourth-order valence-corrected chi connectivity index (χ4v) is 3.95. The van der Waals surface area contributed by atoms with E-state index in [-0.39, 0.29) is 11.7 Å². The number of halogens is 2. The Morgan fingerprint density at radius 1 is 1.15 bits per heavy atom. The van der Waals surface area contributed by atoms with E-state index in [9.17, 15) is 19.2 Å². The van der Waals surface area contributed by atoms with E-state index >= 15 is 0 Å². The van der Waals surface area contributed by atoms with Gasteiger partial charge in [-0.1, -0.05) is 26.7 Å². The van der Waals surface area contributed by atoms with Crippen LogP contribution in [0.3, 0.4) is 0 Å². The van der Waals surface area contributed by atoms with Crippen LogP contribution in [0, 0.1) is 23.1 Å². The number of nitriles is 1. The van der Waals surface area contributed by atoms with Gasteiger partial charge >= 0.3 is 12.1 Å². The third-order valence-electron chi connectivity index (χ3n) is 5.22. The summed E-state index contributed by atoms with van der Waals surface area (Å²) in [6.07, 6.45) is 4.16. The zero-order valence-corrected chi connectivity index (χ0v) is 24.7. The van der Waals surface area contributed by atoms with E-state index in [1.165, 1.54) is 18.3 Å². The molecule has 0 aliphatic carbocycles. The molecule has 1 heterocycles. The number of nitrogens with zero attached hydrogens (tertiary/aromatic N) is 5. The summed E-state index contributed by atoms with van der Waals surface area (Å²) >= 11 is 3.41. The number of aromatic nitrogens is 2. The molecule has 2 aromatic rings. The lowest BCUT2D eigenvalue weighted by molar-refractivity contribution is 0.0527. The normalized spacial score (nSPS) is 11.1. The van der Waals surface area contributed by atoms with Gasteiger partial charge in [0.1, 0.15) is 17.5 Å². The Hall–Kier alpha value is -3.46. The number of benzene rings is 1. The molecule has 0 saturated carbocycles. The molecule has 39 heavy (non-hydrogen) atoms. The molecule has 0 fully saturated rings. The Morgan fingerprint density at radius 2 is 1.82 bits per heavy atom. The van der Waals surface area contributed by atoms with Crippen molar-refractivity contribution in [3.63, 3.8) is 0 Å². The molecule has 1 aromatic heterocycles. The average Bonchev–Trinajstić information content (AvgIpc) is 2.85. The lowest BCUT2D eigenvalue weighted by Crippen LogP contribution is -2.51. The Balaban J connectivity index is 2.05. The van der Waals surface area contributed by atoms with Crippen LogP contribution < -0.4 is 20.7 Å². The Labute approximate surface area is 238 Å². The van der Waals surface area contributed by atoms with Crippen LogP contribution >= 0.6 is 15.9 Å². The van der Waals surface area contributed by atoms with Gasteiger partial charge in [-0.3, -0.25) is 9.91 Å². The highest BCUT2D eigenvalue weighted by molar-refractivity contribution is 9.10. The fraction of sp³-hybridized carbons (Fsp3) is 0.519. The fourth-order valence-electron chi connectivity index (χ4n) is 3.55. The largest absolute Gasteiger partial charge is 0.444 e. The number of nitrogens with one attached hydrogen (secondary N) is 2. The molecule has 0 aliphatic rings. The summed E-state index contributed by atoms with van der Waals surface area (Å²) in [5, 5.41) is 13.6. The molecule has 2 N–H and O–H groups in total. The van der Waals surface area contributed by atoms with Crippen LogP contribution in [-0.4, -0.2) is 47.3 Å². The third-order valence-corrected chi connectivity index (χ3v) is 5.78. The number of hydrazine groups is 1. The minimum Gasteiger partial charge on any atom is -0.444 e. The number of hydrogen-bond donors (Lipinski definition) is 2. The Morgan fingerprint density at radius 3 is 2.44 bits per heavy atom. The van der Waals surface area contributed by atoms with Gasteiger partial charge in [-0.15, -0.1) is 0 Å². The van der Waals surface area contributed by atoms with Crippen LogP contribution in [0.1, 0.15) is 66.1 Å². The van der Waals surface area contributed by atoms with Crippen LogP contribution in [0.2, 0.25) is 0 Å². The lowest BCUT2D eigenvalue weighted by Gasteiger charge is -2.31. The first-order valence-electron chi connectivity index (χ1n) is 12.9. The first-order chi connectivity index (χ1) is 18.4. The van der Waals surface area contributed by atoms with Gasteiger partial charge in [0.15, 0.2) is 5.82 Å². The second kappa shape index (κ2) is 15.2. The van der Waals surface area contributed by atoms with Gasteiger partial charge in [0.25, 0.3) is 0 Å². The summed E-state index contributed by atoms with van der Waals surface area (Å²) < 4.78 is 19.4. The van der Waals surface area contributed by atoms with Crippen LogP contribution in [0.5, 0.6) is 0 Å². The summed E-state index contributed by atoms with van der Waals surface area (Å²) in [7, 11) is 0. The number of carbonyl (C=O) groups is 2. The molecule has 12 heteroatoms. The SMILES string of the molecule is CC(C)CN(NC(=O)N(CCCCCCNC(=O)OC(C)(C)C)c1ccc(F)cc1)c1nc(C#N)ncc1Br. The number of alkyl carbamates (subject to hydrolysis) is 1. The van der Waals surface area contributed by atoms with E-state index in [4.69, 9.17) is 4.74 Å². The van der Waals surface area contributed by atoms with Gasteiger partial charge in [0.2, 0.25) is 5.82 Å². The number of amides is 3. The minimum atomic E-state index is -0.541. The summed E-state index contributed by atoms with van der Waals surface area (Å²) in [6.45, 7) is 10.7. The van der Waals surface area contributed by atoms with Gasteiger partial charge in [-0.05, 0) is 79.7 Å². The van der Waals surface area contributed by atoms with Crippen molar-refractivity contribution in [2.75, 3.05) is 29.5 Å². The summed E-state index contributed by atoms with van der Waals surface area (Å²) in [4.78, 5) is 35.0. The molecule has 2 rings (SSSR count). The standard InChI is InChI=1S/C27H37BrFN7O3/c1-19(2)18-36(24-22(28)17-32-23(16-30)33-24)34-25(37)35(21-12-10-20(29)11-13-21)15-9-7-6-8-14-31-26(38)39-27(3,4)5/h10-13,17,19H,6-9,14-15,18H2,1-5H3,(H,31,38)(H,34,37). The number of hydrogen-bond acceptors (Lipinski definition) is 7.